The minimum atomic E-state index is -0.445. The molecule has 0 fully saturated rings. The summed E-state index contributed by atoms with van der Waals surface area (Å²) < 4.78 is 9.87. The van der Waals surface area contributed by atoms with Crippen molar-refractivity contribution < 1.29 is 14.3 Å². The molecule has 0 bridgehead atoms. The predicted molar refractivity (Wildman–Crippen MR) is 77.4 cm³/mol. The van der Waals surface area contributed by atoms with Crippen LogP contribution in [0.5, 0.6) is 5.75 Å². The average Bonchev–Trinajstić information content (AvgIpc) is 2.49. The van der Waals surface area contributed by atoms with Crippen molar-refractivity contribution in [2.45, 2.75) is 26.2 Å². The van der Waals surface area contributed by atoms with Gasteiger partial charge in [0.05, 0.1) is 19.8 Å². The van der Waals surface area contributed by atoms with Crippen molar-refractivity contribution in [3.8, 4) is 11.8 Å². The number of unbranched alkanes of at least 4 members (excludes halogenated alkanes) is 1. The van der Waals surface area contributed by atoms with Gasteiger partial charge in [-0.15, -0.1) is 0 Å². The van der Waals surface area contributed by atoms with E-state index in [1.165, 1.54) is 13.2 Å². The summed E-state index contributed by atoms with van der Waals surface area (Å²) in [4.78, 5) is 11.1. The standard InChI is InChI=1S/C16H19NO3/c1-4-5-6-13-14(11-17)12(7-9-15(13)19-2)8-10-16(18)20-3/h7-10H,4-6H2,1-3H3/b10-8+. The molecule has 0 atom stereocenters. The number of methoxy groups -OCH3 is 2. The summed E-state index contributed by atoms with van der Waals surface area (Å²) in [6.07, 6.45) is 5.71. The van der Waals surface area contributed by atoms with Crippen LogP contribution in [0.25, 0.3) is 6.08 Å². The minimum Gasteiger partial charge on any atom is -0.496 e. The number of benzene rings is 1. The van der Waals surface area contributed by atoms with Crippen LogP contribution < -0.4 is 4.74 Å². The van der Waals surface area contributed by atoms with Gasteiger partial charge in [0, 0.05) is 11.6 Å². The number of esters is 1. The van der Waals surface area contributed by atoms with E-state index in [1.54, 1.807) is 19.3 Å². The molecule has 0 amide bonds. The van der Waals surface area contributed by atoms with Gasteiger partial charge in [0.25, 0.3) is 0 Å². The van der Waals surface area contributed by atoms with Crippen molar-refractivity contribution in [2.24, 2.45) is 0 Å². The van der Waals surface area contributed by atoms with Crippen LogP contribution >= 0.6 is 0 Å². The van der Waals surface area contributed by atoms with Crippen molar-refractivity contribution in [1.29, 1.82) is 5.26 Å². The summed E-state index contributed by atoms with van der Waals surface area (Å²) in [5.74, 6) is 0.269. The molecule has 0 heterocycles. The SMILES string of the molecule is CCCCc1c(OC)ccc(/C=C/C(=O)OC)c1C#N. The van der Waals surface area contributed by atoms with E-state index in [4.69, 9.17) is 4.74 Å². The highest BCUT2D eigenvalue weighted by molar-refractivity contribution is 5.87. The molecule has 0 spiro atoms. The molecular formula is C16H19NO3. The molecule has 0 aliphatic carbocycles. The quantitative estimate of drug-likeness (QED) is 0.590. The summed E-state index contributed by atoms with van der Waals surface area (Å²) in [6.45, 7) is 2.10. The second kappa shape index (κ2) is 8.00. The van der Waals surface area contributed by atoms with E-state index in [1.807, 2.05) is 6.07 Å². The normalized spacial score (nSPS) is 10.3. The molecule has 1 rings (SSSR count). The van der Waals surface area contributed by atoms with E-state index in [-0.39, 0.29) is 0 Å². The van der Waals surface area contributed by atoms with Gasteiger partial charge in [-0.05, 0) is 36.6 Å². The van der Waals surface area contributed by atoms with Crippen LogP contribution in [0.4, 0.5) is 0 Å². The molecule has 0 aliphatic heterocycles. The van der Waals surface area contributed by atoms with Gasteiger partial charge in [-0.3, -0.25) is 0 Å². The lowest BCUT2D eigenvalue weighted by molar-refractivity contribution is -0.134. The Morgan fingerprint density at radius 1 is 1.40 bits per heavy atom. The van der Waals surface area contributed by atoms with E-state index in [0.717, 1.165) is 24.8 Å². The number of nitrogens with zero attached hydrogens (tertiary/aromatic N) is 1. The lowest BCUT2D eigenvalue weighted by Crippen LogP contribution is -1.99. The highest BCUT2D eigenvalue weighted by atomic mass is 16.5. The molecule has 0 aliphatic rings. The first kappa shape index (κ1) is 15.8. The van der Waals surface area contributed by atoms with Crippen LogP contribution in [0.15, 0.2) is 18.2 Å². The van der Waals surface area contributed by atoms with Gasteiger partial charge < -0.3 is 9.47 Å². The molecule has 0 radical (unpaired) electrons. The van der Waals surface area contributed by atoms with Crippen molar-refractivity contribution in [3.63, 3.8) is 0 Å². The van der Waals surface area contributed by atoms with Crippen molar-refractivity contribution in [1.82, 2.24) is 0 Å². The third kappa shape index (κ3) is 3.86. The second-order valence-electron chi connectivity index (χ2n) is 4.28. The Kier molecular flexibility index (Phi) is 6.31. The Labute approximate surface area is 119 Å². The highest BCUT2D eigenvalue weighted by Gasteiger charge is 2.12. The van der Waals surface area contributed by atoms with Gasteiger partial charge in [0.1, 0.15) is 11.8 Å². The van der Waals surface area contributed by atoms with Crippen LogP contribution in [0.2, 0.25) is 0 Å². The Hall–Kier alpha value is -2.28. The molecule has 1 aromatic carbocycles. The van der Waals surface area contributed by atoms with Crippen LogP contribution in [-0.4, -0.2) is 20.2 Å². The average molecular weight is 273 g/mol. The monoisotopic (exact) mass is 273 g/mol. The molecule has 106 valence electrons. The summed E-state index contributed by atoms with van der Waals surface area (Å²) in [5.41, 5.74) is 2.15. The zero-order valence-corrected chi connectivity index (χ0v) is 12.1. The van der Waals surface area contributed by atoms with Crippen LogP contribution in [0.3, 0.4) is 0 Å². The first-order valence-corrected chi connectivity index (χ1v) is 6.53. The number of carbonyl (C=O) groups is 1. The second-order valence-corrected chi connectivity index (χ2v) is 4.28. The Morgan fingerprint density at radius 3 is 2.70 bits per heavy atom. The van der Waals surface area contributed by atoms with Crippen LogP contribution in [0.1, 0.15) is 36.5 Å². The van der Waals surface area contributed by atoms with Crippen molar-refractivity contribution >= 4 is 12.0 Å². The first-order chi connectivity index (χ1) is 9.67. The van der Waals surface area contributed by atoms with Gasteiger partial charge in [0.15, 0.2) is 0 Å². The highest BCUT2D eigenvalue weighted by Crippen LogP contribution is 2.27. The third-order valence-electron chi connectivity index (χ3n) is 3.01. The predicted octanol–water partition coefficient (Wildman–Crippen LogP) is 3.10. The van der Waals surface area contributed by atoms with Gasteiger partial charge in [-0.25, -0.2) is 4.79 Å². The third-order valence-corrected chi connectivity index (χ3v) is 3.01. The number of hydrogen-bond acceptors (Lipinski definition) is 4. The molecule has 0 aromatic heterocycles. The zero-order valence-electron chi connectivity index (χ0n) is 12.1. The Balaban J connectivity index is 3.23. The molecule has 1 aromatic rings. The smallest absolute Gasteiger partial charge is 0.330 e. The number of nitriles is 1. The maximum atomic E-state index is 11.1. The Bertz CT molecular complexity index is 541. The molecule has 4 heteroatoms. The zero-order chi connectivity index (χ0) is 15.0. The van der Waals surface area contributed by atoms with E-state index < -0.39 is 5.97 Å². The maximum Gasteiger partial charge on any atom is 0.330 e. The van der Waals surface area contributed by atoms with Gasteiger partial charge in [0.2, 0.25) is 0 Å². The fourth-order valence-electron chi connectivity index (χ4n) is 1.94. The maximum absolute atomic E-state index is 11.1. The fourth-order valence-corrected chi connectivity index (χ4v) is 1.94. The summed E-state index contributed by atoms with van der Waals surface area (Å²) in [7, 11) is 2.91. The lowest BCUT2D eigenvalue weighted by atomic mass is 9.96. The van der Waals surface area contributed by atoms with Crippen molar-refractivity contribution in [3.05, 3.63) is 34.9 Å². The molecule has 20 heavy (non-hydrogen) atoms. The van der Waals surface area contributed by atoms with Crippen LogP contribution in [0, 0.1) is 11.3 Å². The van der Waals surface area contributed by atoms with Crippen molar-refractivity contribution in [2.75, 3.05) is 14.2 Å². The number of ether oxygens (including phenoxy) is 2. The first-order valence-electron chi connectivity index (χ1n) is 6.53. The summed E-state index contributed by atoms with van der Waals surface area (Å²) in [5, 5.41) is 9.39. The van der Waals surface area contributed by atoms with E-state index in [9.17, 15) is 10.1 Å². The van der Waals surface area contributed by atoms with E-state index in [2.05, 4.69) is 17.7 Å². The summed E-state index contributed by atoms with van der Waals surface area (Å²) >= 11 is 0. The molecule has 0 N–H and O–H groups in total. The van der Waals surface area contributed by atoms with Crippen LogP contribution in [-0.2, 0) is 16.0 Å². The van der Waals surface area contributed by atoms with Gasteiger partial charge in [-0.2, -0.15) is 5.26 Å². The number of carbonyl (C=O) groups excluding carboxylic acids is 1. The Morgan fingerprint density at radius 2 is 2.15 bits per heavy atom. The van der Waals surface area contributed by atoms with Gasteiger partial charge >= 0.3 is 5.97 Å². The van der Waals surface area contributed by atoms with E-state index >= 15 is 0 Å². The van der Waals surface area contributed by atoms with Gasteiger partial charge in [-0.1, -0.05) is 13.3 Å². The fraction of sp³-hybridized carbons (Fsp3) is 0.375. The van der Waals surface area contributed by atoms with E-state index in [0.29, 0.717) is 16.9 Å². The molecule has 4 nitrogen and oxygen atoms in total. The summed E-state index contributed by atoms with van der Waals surface area (Å²) in [6, 6.07) is 5.80. The lowest BCUT2D eigenvalue weighted by Gasteiger charge is -2.12. The topological polar surface area (TPSA) is 59.3 Å². The molecule has 0 saturated heterocycles. The minimum absolute atomic E-state index is 0.445. The molecule has 0 saturated carbocycles. The molecule has 0 unspecified atom stereocenters. The number of hydrogen-bond donors (Lipinski definition) is 0. The molecular weight excluding hydrogens is 254 g/mol. The largest absolute Gasteiger partial charge is 0.496 e. The number of rotatable bonds is 6.